The third kappa shape index (κ3) is 3.17. The van der Waals surface area contributed by atoms with Gasteiger partial charge in [0.2, 0.25) is 0 Å². The molecular formula is C19H15BrO. The lowest BCUT2D eigenvalue weighted by Gasteiger charge is -2.11. The Bertz CT molecular complexity index is 736. The maximum absolute atomic E-state index is 10.6. The van der Waals surface area contributed by atoms with Crippen LogP contribution in [0.25, 0.3) is 11.1 Å². The number of aromatic hydroxyl groups is 1. The van der Waals surface area contributed by atoms with Gasteiger partial charge in [0.1, 0.15) is 5.75 Å². The molecule has 104 valence electrons. The van der Waals surface area contributed by atoms with Crippen LogP contribution >= 0.6 is 15.9 Å². The van der Waals surface area contributed by atoms with Gasteiger partial charge in [-0.2, -0.15) is 0 Å². The molecule has 0 amide bonds. The second-order valence-corrected chi connectivity index (χ2v) is 5.91. The molecule has 0 saturated carbocycles. The average Bonchev–Trinajstić information content (AvgIpc) is 2.52. The molecule has 0 aliphatic heterocycles. The molecule has 0 saturated heterocycles. The molecule has 0 atom stereocenters. The van der Waals surface area contributed by atoms with E-state index in [-0.39, 0.29) is 0 Å². The second-order valence-electron chi connectivity index (χ2n) is 4.99. The van der Waals surface area contributed by atoms with Gasteiger partial charge < -0.3 is 5.11 Å². The number of benzene rings is 3. The number of hydrogen-bond acceptors (Lipinski definition) is 1. The molecule has 0 spiro atoms. The van der Waals surface area contributed by atoms with Crippen molar-refractivity contribution in [2.75, 3.05) is 0 Å². The number of halogens is 1. The van der Waals surface area contributed by atoms with Crippen molar-refractivity contribution in [3.63, 3.8) is 0 Å². The van der Waals surface area contributed by atoms with Crippen LogP contribution in [-0.2, 0) is 6.42 Å². The van der Waals surface area contributed by atoms with Crippen LogP contribution in [0.5, 0.6) is 5.75 Å². The normalized spacial score (nSPS) is 10.5. The Kier molecular flexibility index (Phi) is 4.07. The molecule has 0 radical (unpaired) electrons. The molecule has 0 aliphatic carbocycles. The molecular weight excluding hydrogens is 324 g/mol. The SMILES string of the molecule is Oc1c(Cc2ccccc2)cc(Br)cc1-c1ccccc1. The zero-order valence-electron chi connectivity index (χ0n) is 11.5. The van der Waals surface area contributed by atoms with Gasteiger partial charge in [-0.3, -0.25) is 0 Å². The van der Waals surface area contributed by atoms with Crippen LogP contribution in [-0.4, -0.2) is 5.11 Å². The van der Waals surface area contributed by atoms with E-state index < -0.39 is 0 Å². The van der Waals surface area contributed by atoms with E-state index in [0.29, 0.717) is 12.2 Å². The van der Waals surface area contributed by atoms with Crippen LogP contribution in [0, 0.1) is 0 Å². The van der Waals surface area contributed by atoms with Crippen LogP contribution in [0.15, 0.2) is 77.3 Å². The Balaban J connectivity index is 2.04. The number of phenolic OH excluding ortho intramolecular Hbond substituents is 1. The zero-order chi connectivity index (χ0) is 14.7. The summed E-state index contributed by atoms with van der Waals surface area (Å²) < 4.78 is 0.977. The van der Waals surface area contributed by atoms with Crippen LogP contribution in [0.2, 0.25) is 0 Å². The summed E-state index contributed by atoms with van der Waals surface area (Å²) in [6.45, 7) is 0. The minimum atomic E-state index is 0.355. The maximum atomic E-state index is 10.6. The summed E-state index contributed by atoms with van der Waals surface area (Å²) in [6, 6.07) is 24.1. The van der Waals surface area contributed by atoms with Crippen LogP contribution in [0.3, 0.4) is 0 Å². The molecule has 3 aromatic carbocycles. The fourth-order valence-electron chi connectivity index (χ4n) is 2.44. The van der Waals surface area contributed by atoms with E-state index in [9.17, 15) is 5.11 Å². The van der Waals surface area contributed by atoms with Gasteiger partial charge in [-0.05, 0) is 28.8 Å². The maximum Gasteiger partial charge on any atom is 0.127 e. The summed E-state index contributed by atoms with van der Waals surface area (Å²) in [5, 5.41) is 10.6. The van der Waals surface area contributed by atoms with Crippen molar-refractivity contribution in [2.45, 2.75) is 6.42 Å². The van der Waals surface area contributed by atoms with Crippen molar-refractivity contribution in [3.8, 4) is 16.9 Å². The summed E-state index contributed by atoms with van der Waals surface area (Å²) in [5.74, 6) is 0.355. The van der Waals surface area contributed by atoms with Gasteiger partial charge in [-0.25, -0.2) is 0 Å². The number of rotatable bonds is 3. The van der Waals surface area contributed by atoms with E-state index in [2.05, 4.69) is 28.1 Å². The van der Waals surface area contributed by atoms with E-state index in [1.807, 2.05) is 60.7 Å². The van der Waals surface area contributed by atoms with Gasteiger partial charge in [0.15, 0.2) is 0 Å². The predicted octanol–water partition coefficient (Wildman–Crippen LogP) is 5.41. The molecule has 1 N–H and O–H groups in total. The standard InChI is InChI=1S/C19H15BrO/c20-17-12-16(11-14-7-3-1-4-8-14)19(21)18(13-17)15-9-5-2-6-10-15/h1-10,12-13,21H,11H2. The number of phenols is 1. The minimum Gasteiger partial charge on any atom is -0.507 e. The first-order valence-electron chi connectivity index (χ1n) is 6.85. The monoisotopic (exact) mass is 338 g/mol. The fourth-order valence-corrected chi connectivity index (χ4v) is 2.95. The van der Waals surface area contributed by atoms with Gasteiger partial charge in [-0.15, -0.1) is 0 Å². The smallest absolute Gasteiger partial charge is 0.127 e. The molecule has 0 fully saturated rings. The molecule has 1 nitrogen and oxygen atoms in total. The van der Waals surface area contributed by atoms with Crippen molar-refractivity contribution < 1.29 is 5.11 Å². The van der Waals surface area contributed by atoms with Crippen LogP contribution in [0.4, 0.5) is 0 Å². The summed E-state index contributed by atoms with van der Waals surface area (Å²) in [4.78, 5) is 0. The Morgan fingerprint density at radius 1 is 0.810 bits per heavy atom. The molecule has 0 aromatic heterocycles. The lowest BCUT2D eigenvalue weighted by Crippen LogP contribution is -1.91. The van der Waals surface area contributed by atoms with Crippen molar-refractivity contribution in [2.24, 2.45) is 0 Å². The van der Waals surface area contributed by atoms with Gasteiger partial charge >= 0.3 is 0 Å². The van der Waals surface area contributed by atoms with E-state index in [1.54, 1.807) is 0 Å². The highest BCUT2D eigenvalue weighted by atomic mass is 79.9. The zero-order valence-corrected chi connectivity index (χ0v) is 13.0. The van der Waals surface area contributed by atoms with Gasteiger partial charge in [-0.1, -0.05) is 76.6 Å². The lowest BCUT2D eigenvalue weighted by molar-refractivity contribution is 0.471. The van der Waals surface area contributed by atoms with Crippen molar-refractivity contribution in [3.05, 3.63) is 88.4 Å². The van der Waals surface area contributed by atoms with Gasteiger partial charge in [0.25, 0.3) is 0 Å². The highest BCUT2D eigenvalue weighted by Crippen LogP contribution is 2.36. The minimum absolute atomic E-state index is 0.355. The largest absolute Gasteiger partial charge is 0.507 e. The average molecular weight is 339 g/mol. The fraction of sp³-hybridized carbons (Fsp3) is 0.0526. The van der Waals surface area contributed by atoms with E-state index in [1.165, 1.54) is 5.56 Å². The third-order valence-corrected chi connectivity index (χ3v) is 3.93. The molecule has 3 aromatic rings. The second kappa shape index (κ2) is 6.15. The quantitative estimate of drug-likeness (QED) is 0.676. The first-order valence-corrected chi connectivity index (χ1v) is 7.64. The highest BCUT2D eigenvalue weighted by molar-refractivity contribution is 9.10. The predicted molar refractivity (Wildman–Crippen MR) is 90.5 cm³/mol. The van der Waals surface area contributed by atoms with E-state index in [0.717, 1.165) is 21.2 Å². The van der Waals surface area contributed by atoms with Crippen molar-refractivity contribution >= 4 is 15.9 Å². The Morgan fingerprint density at radius 2 is 1.43 bits per heavy atom. The molecule has 3 rings (SSSR count). The van der Waals surface area contributed by atoms with Gasteiger partial charge in [0.05, 0.1) is 0 Å². The molecule has 0 heterocycles. The Hall–Kier alpha value is -2.06. The molecule has 0 aliphatic rings. The van der Waals surface area contributed by atoms with E-state index >= 15 is 0 Å². The molecule has 0 unspecified atom stereocenters. The first-order chi connectivity index (χ1) is 10.2. The Labute approximate surface area is 133 Å². The lowest BCUT2D eigenvalue weighted by atomic mass is 9.97. The summed E-state index contributed by atoms with van der Waals surface area (Å²) in [7, 11) is 0. The third-order valence-electron chi connectivity index (χ3n) is 3.48. The van der Waals surface area contributed by atoms with Crippen LogP contribution < -0.4 is 0 Å². The Morgan fingerprint density at radius 3 is 2.10 bits per heavy atom. The topological polar surface area (TPSA) is 20.2 Å². The molecule has 21 heavy (non-hydrogen) atoms. The summed E-state index contributed by atoms with van der Waals surface area (Å²) in [5.41, 5.74) is 3.99. The summed E-state index contributed by atoms with van der Waals surface area (Å²) in [6.07, 6.45) is 0.714. The summed E-state index contributed by atoms with van der Waals surface area (Å²) >= 11 is 3.55. The number of hydrogen-bond donors (Lipinski definition) is 1. The highest BCUT2D eigenvalue weighted by Gasteiger charge is 2.11. The first kappa shape index (κ1) is 13.9. The van der Waals surface area contributed by atoms with E-state index in [4.69, 9.17) is 0 Å². The van der Waals surface area contributed by atoms with Crippen molar-refractivity contribution in [1.82, 2.24) is 0 Å². The molecule has 2 heteroatoms. The van der Waals surface area contributed by atoms with Gasteiger partial charge in [0, 0.05) is 16.5 Å². The molecule has 0 bridgehead atoms. The van der Waals surface area contributed by atoms with Crippen molar-refractivity contribution in [1.29, 1.82) is 0 Å². The van der Waals surface area contributed by atoms with Crippen LogP contribution in [0.1, 0.15) is 11.1 Å².